The Bertz CT molecular complexity index is 1760. The maximum Gasteiger partial charge on any atom is 0.387 e. The van der Waals surface area contributed by atoms with Crippen molar-refractivity contribution in [3.05, 3.63) is 71.3 Å². The standard InChI is InChI=1S/C28H21F3N6O3/c1-27(12-32)10-28(39,11-27)25-33-8-13(9-34-25)15-5-19-17(6-16(15)29)35-23-18-7-20(37(19)23)22-14(24(38)36-18)3-2-4-21(22)40-26(30)31/h2-6,8-9,18,20,26,39H,7,10-11H2,1H3,(H,36,38)/t18-,20-,27?,28?/m1/s1. The van der Waals surface area contributed by atoms with Crippen molar-refractivity contribution in [2.75, 3.05) is 0 Å². The average Bonchev–Trinajstić information content (AvgIpc) is 3.38. The lowest BCUT2D eigenvalue weighted by Crippen LogP contribution is -2.48. The molecule has 40 heavy (non-hydrogen) atoms. The zero-order valence-corrected chi connectivity index (χ0v) is 21.0. The first-order valence-corrected chi connectivity index (χ1v) is 12.7. The SMILES string of the molecule is CC1(C#N)CC(O)(c2ncc(-c3cc4c(cc3F)nc3n4[C@@H]4C[C@H]3NC(=O)c3cccc(OC(F)F)c34)cn2)C1. The molecule has 2 N–H and O–H groups in total. The zero-order chi connectivity index (χ0) is 28.0. The predicted molar refractivity (Wildman–Crippen MR) is 134 cm³/mol. The van der Waals surface area contributed by atoms with Crippen molar-refractivity contribution in [1.82, 2.24) is 24.8 Å². The van der Waals surface area contributed by atoms with Gasteiger partial charge >= 0.3 is 6.61 Å². The van der Waals surface area contributed by atoms with Gasteiger partial charge < -0.3 is 19.7 Å². The number of benzene rings is 2. The van der Waals surface area contributed by atoms with Crippen molar-refractivity contribution in [3.63, 3.8) is 0 Å². The fourth-order valence-electron chi connectivity index (χ4n) is 6.44. The highest BCUT2D eigenvalue weighted by Crippen LogP contribution is 2.52. The van der Waals surface area contributed by atoms with Gasteiger partial charge in [-0.05, 0) is 31.5 Å². The van der Waals surface area contributed by atoms with Crippen molar-refractivity contribution in [1.29, 1.82) is 5.26 Å². The third kappa shape index (κ3) is 3.50. The topological polar surface area (TPSA) is 126 Å². The molecule has 1 fully saturated rings. The number of aromatic nitrogens is 4. The van der Waals surface area contributed by atoms with Crippen LogP contribution in [-0.2, 0) is 5.60 Å². The number of alkyl halides is 2. The lowest BCUT2D eigenvalue weighted by atomic mass is 9.60. The molecule has 0 unspecified atom stereocenters. The lowest BCUT2D eigenvalue weighted by molar-refractivity contribution is -0.109. The first-order valence-electron chi connectivity index (χ1n) is 12.7. The molecule has 12 heteroatoms. The molecule has 202 valence electrons. The molecule has 1 amide bonds. The minimum atomic E-state index is -3.08. The largest absolute Gasteiger partial charge is 0.434 e. The van der Waals surface area contributed by atoms with Crippen LogP contribution in [0.2, 0.25) is 0 Å². The van der Waals surface area contributed by atoms with Gasteiger partial charge in [-0.25, -0.2) is 19.3 Å². The van der Waals surface area contributed by atoms with Crippen LogP contribution < -0.4 is 10.1 Å². The van der Waals surface area contributed by atoms with Crippen LogP contribution in [0.4, 0.5) is 13.2 Å². The quantitative estimate of drug-likeness (QED) is 0.385. The van der Waals surface area contributed by atoms with E-state index in [0.29, 0.717) is 34.4 Å². The Hall–Kier alpha value is -4.50. The molecule has 4 heterocycles. The molecule has 1 saturated carbocycles. The highest BCUT2D eigenvalue weighted by Gasteiger charge is 2.54. The zero-order valence-electron chi connectivity index (χ0n) is 21.0. The molecule has 1 aliphatic carbocycles. The van der Waals surface area contributed by atoms with E-state index in [4.69, 9.17) is 4.74 Å². The predicted octanol–water partition coefficient (Wildman–Crippen LogP) is 4.52. The van der Waals surface area contributed by atoms with Gasteiger partial charge in [0.15, 0.2) is 5.82 Å². The second kappa shape index (κ2) is 8.25. The summed E-state index contributed by atoms with van der Waals surface area (Å²) in [5, 5.41) is 23.0. The van der Waals surface area contributed by atoms with Gasteiger partial charge in [0.1, 0.15) is 23.0 Å². The summed E-state index contributed by atoms with van der Waals surface area (Å²) in [5.74, 6) is -0.445. The van der Waals surface area contributed by atoms with Gasteiger partial charge in [0.25, 0.3) is 5.91 Å². The van der Waals surface area contributed by atoms with Crippen molar-refractivity contribution in [3.8, 4) is 22.9 Å². The minimum Gasteiger partial charge on any atom is -0.434 e. The third-order valence-electron chi connectivity index (χ3n) is 8.07. The fourth-order valence-corrected chi connectivity index (χ4v) is 6.44. The number of rotatable bonds is 4. The summed E-state index contributed by atoms with van der Waals surface area (Å²) in [4.78, 5) is 26.1. The summed E-state index contributed by atoms with van der Waals surface area (Å²) in [6.07, 6.45) is 3.61. The number of aliphatic hydroxyl groups is 1. The summed E-state index contributed by atoms with van der Waals surface area (Å²) >= 11 is 0. The number of carbonyl (C=O) groups is 1. The molecule has 2 aliphatic heterocycles. The van der Waals surface area contributed by atoms with Crippen molar-refractivity contribution >= 4 is 16.9 Å². The molecule has 3 aliphatic rings. The summed E-state index contributed by atoms with van der Waals surface area (Å²) in [7, 11) is 0. The first-order chi connectivity index (χ1) is 19.1. The van der Waals surface area contributed by atoms with Crippen molar-refractivity contribution in [2.45, 2.75) is 50.5 Å². The van der Waals surface area contributed by atoms with Gasteiger partial charge in [0.05, 0.1) is 34.6 Å². The maximum atomic E-state index is 15.3. The van der Waals surface area contributed by atoms with Gasteiger partial charge in [-0.15, -0.1) is 0 Å². The lowest BCUT2D eigenvalue weighted by Gasteiger charge is -2.46. The first kappa shape index (κ1) is 24.5. The average molecular weight is 547 g/mol. The number of imidazole rings is 1. The molecule has 2 atom stereocenters. The summed E-state index contributed by atoms with van der Waals surface area (Å²) < 4.78 is 48.5. The Balaban J connectivity index is 1.32. The number of ether oxygens (including phenoxy) is 1. The molecule has 0 saturated heterocycles. The molecule has 2 aromatic heterocycles. The minimum absolute atomic E-state index is 0.101. The van der Waals surface area contributed by atoms with Gasteiger partial charge in [-0.2, -0.15) is 14.0 Å². The van der Waals surface area contributed by atoms with Crippen LogP contribution in [0.5, 0.6) is 5.75 Å². The molecular weight excluding hydrogens is 525 g/mol. The van der Waals surface area contributed by atoms with E-state index in [0.717, 1.165) is 0 Å². The van der Waals surface area contributed by atoms with E-state index < -0.39 is 41.4 Å². The Kier molecular flexibility index (Phi) is 5.06. The molecule has 0 radical (unpaired) electrons. The Morgan fingerprint density at radius 1 is 1.23 bits per heavy atom. The van der Waals surface area contributed by atoms with Crippen LogP contribution in [-0.4, -0.2) is 37.1 Å². The second-order valence-corrected chi connectivity index (χ2v) is 10.9. The summed E-state index contributed by atoms with van der Waals surface area (Å²) in [6, 6.07) is 8.43. The normalized spacial score (nSPS) is 26.5. The second-order valence-electron chi connectivity index (χ2n) is 10.9. The fraction of sp³-hybridized carbons (Fsp3) is 0.321. The summed E-state index contributed by atoms with van der Waals surface area (Å²) in [5.41, 5.74) is 0.00811. The van der Waals surface area contributed by atoms with E-state index in [1.165, 1.54) is 30.6 Å². The Morgan fingerprint density at radius 3 is 2.67 bits per heavy atom. The van der Waals surface area contributed by atoms with E-state index in [1.807, 2.05) is 4.57 Å². The van der Waals surface area contributed by atoms with E-state index in [2.05, 4.69) is 26.3 Å². The van der Waals surface area contributed by atoms with Crippen molar-refractivity contribution < 1.29 is 27.8 Å². The monoisotopic (exact) mass is 546 g/mol. The number of halogens is 3. The van der Waals surface area contributed by atoms with Gasteiger partial charge in [-0.3, -0.25) is 4.79 Å². The number of hydrogen-bond acceptors (Lipinski definition) is 7. The molecule has 0 spiro atoms. The van der Waals surface area contributed by atoms with Gasteiger partial charge in [0.2, 0.25) is 0 Å². The molecule has 7 rings (SSSR count). The van der Waals surface area contributed by atoms with Crippen LogP contribution in [0.15, 0.2) is 42.7 Å². The smallest absolute Gasteiger partial charge is 0.387 e. The van der Waals surface area contributed by atoms with E-state index in [-0.39, 0.29) is 35.5 Å². The third-order valence-corrected chi connectivity index (χ3v) is 8.07. The maximum absolute atomic E-state index is 15.3. The Labute approximate surface area is 225 Å². The molecule has 2 aromatic carbocycles. The Morgan fingerprint density at radius 2 is 1.98 bits per heavy atom. The highest BCUT2D eigenvalue weighted by atomic mass is 19.3. The number of nitrogens with zero attached hydrogens (tertiary/aromatic N) is 5. The number of nitrogens with one attached hydrogen (secondary N) is 1. The number of carbonyl (C=O) groups excluding carboxylic acids is 1. The van der Waals surface area contributed by atoms with Crippen LogP contribution >= 0.6 is 0 Å². The molecule has 2 bridgehead atoms. The van der Waals surface area contributed by atoms with E-state index >= 15 is 4.39 Å². The van der Waals surface area contributed by atoms with Crippen molar-refractivity contribution in [2.24, 2.45) is 5.41 Å². The number of fused-ring (bicyclic) bond motifs is 9. The molecule has 4 aromatic rings. The van der Waals surface area contributed by atoms with Crippen LogP contribution in [0.3, 0.4) is 0 Å². The number of amides is 1. The molecular formula is C28H21F3N6O3. The van der Waals surface area contributed by atoms with Gasteiger partial charge in [-0.1, -0.05) is 6.07 Å². The van der Waals surface area contributed by atoms with Crippen LogP contribution in [0, 0.1) is 22.6 Å². The van der Waals surface area contributed by atoms with Gasteiger partial charge in [0, 0.05) is 53.6 Å². The highest BCUT2D eigenvalue weighted by molar-refractivity contribution is 5.98. The number of hydrogen-bond donors (Lipinski definition) is 2. The molecule has 9 nitrogen and oxygen atoms in total. The van der Waals surface area contributed by atoms with E-state index in [1.54, 1.807) is 19.1 Å². The summed E-state index contributed by atoms with van der Waals surface area (Å²) in [6.45, 7) is -1.32. The van der Waals surface area contributed by atoms with Crippen LogP contribution in [0.1, 0.15) is 65.8 Å². The van der Waals surface area contributed by atoms with Crippen LogP contribution in [0.25, 0.3) is 22.2 Å². The van der Waals surface area contributed by atoms with E-state index in [9.17, 15) is 23.9 Å². The number of nitriles is 1.